The standard InChI is InChI=1S/C14H10O5/c1-6-8(16)5-9(17)12-13(18)11-7(15)3-2-4-10(11)19-14(6)12/h2-5,15-17H,1H3. The average molecular weight is 258 g/mol. The van der Waals surface area contributed by atoms with E-state index >= 15 is 0 Å². The number of rotatable bonds is 0. The third-order valence-corrected chi connectivity index (χ3v) is 3.15. The molecule has 3 aromatic rings. The van der Waals surface area contributed by atoms with Crippen molar-refractivity contribution >= 4 is 21.9 Å². The van der Waals surface area contributed by atoms with E-state index in [1.165, 1.54) is 12.1 Å². The number of benzene rings is 2. The summed E-state index contributed by atoms with van der Waals surface area (Å²) in [4.78, 5) is 12.3. The topological polar surface area (TPSA) is 90.9 Å². The van der Waals surface area contributed by atoms with E-state index in [9.17, 15) is 20.1 Å². The van der Waals surface area contributed by atoms with Gasteiger partial charge in [0.2, 0.25) is 5.43 Å². The van der Waals surface area contributed by atoms with Gasteiger partial charge in [-0.15, -0.1) is 0 Å². The van der Waals surface area contributed by atoms with Crippen molar-refractivity contribution in [3.63, 3.8) is 0 Å². The minimum atomic E-state index is -0.532. The highest BCUT2D eigenvalue weighted by Crippen LogP contribution is 2.35. The summed E-state index contributed by atoms with van der Waals surface area (Å²) < 4.78 is 5.52. The summed E-state index contributed by atoms with van der Waals surface area (Å²) in [7, 11) is 0. The van der Waals surface area contributed by atoms with Crippen molar-refractivity contribution in [2.24, 2.45) is 0 Å². The summed E-state index contributed by atoms with van der Waals surface area (Å²) in [6.45, 7) is 1.58. The zero-order chi connectivity index (χ0) is 13.7. The fourth-order valence-corrected chi connectivity index (χ4v) is 2.14. The van der Waals surface area contributed by atoms with Crippen LogP contribution in [0.1, 0.15) is 5.56 Å². The third-order valence-electron chi connectivity index (χ3n) is 3.15. The van der Waals surface area contributed by atoms with Gasteiger partial charge in [0.25, 0.3) is 0 Å². The molecule has 0 spiro atoms. The molecule has 2 aromatic carbocycles. The molecule has 0 bridgehead atoms. The fourth-order valence-electron chi connectivity index (χ4n) is 2.14. The van der Waals surface area contributed by atoms with E-state index in [-0.39, 0.29) is 39.2 Å². The number of phenolic OH excluding ortho intramolecular Hbond substituents is 3. The van der Waals surface area contributed by atoms with Crippen molar-refractivity contribution in [3.8, 4) is 17.2 Å². The summed E-state index contributed by atoms with van der Waals surface area (Å²) in [5, 5.41) is 29.1. The van der Waals surface area contributed by atoms with Gasteiger partial charge in [-0.05, 0) is 19.1 Å². The van der Waals surface area contributed by atoms with Crippen LogP contribution < -0.4 is 5.43 Å². The van der Waals surface area contributed by atoms with Crippen LogP contribution in [0.4, 0.5) is 0 Å². The van der Waals surface area contributed by atoms with E-state index < -0.39 is 5.43 Å². The molecule has 0 unspecified atom stereocenters. The third kappa shape index (κ3) is 1.45. The zero-order valence-corrected chi connectivity index (χ0v) is 9.97. The predicted octanol–water partition coefficient (Wildman–Crippen LogP) is 2.37. The van der Waals surface area contributed by atoms with Crippen LogP contribution in [0.5, 0.6) is 17.2 Å². The molecule has 1 aromatic heterocycles. The first kappa shape index (κ1) is 11.4. The van der Waals surface area contributed by atoms with E-state index in [2.05, 4.69) is 0 Å². The van der Waals surface area contributed by atoms with Gasteiger partial charge >= 0.3 is 0 Å². The second-order valence-electron chi connectivity index (χ2n) is 4.33. The number of aromatic hydroxyl groups is 3. The normalized spacial score (nSPS) is 11.2. The van der Waals surface area contributed by atoms with Gasteiger partial charge in [0.05, 0.1) is 0 Å². The summed E-state index contributed by atoms with van der Waals surface area (Å²) in [5.41, 5.74) is 0.135. The van der Waals surface area contributed by atoms with Crippen molar-refractivity contribution in [2.75, 3.05) is 0 Å². The maximum Gasteiger partial charge on any atom is 0.208 e. The summed E-state index contributed by atoms with van der Waals surface area (Å²) in [6, 6.07) is 5.54. The van der Waals surface area contributed by atoms with Gasteiger partial charge in [-0.2, -0.15) is 0 Å². The molecule has 1 heterocycles. The molecular formula is C14H10O5. The Morgan fingerprint density at radius 2 is 1.74 bits per heavy atom. The lowest BCUT2D eigenvalue weighted by Crippen LogP contribution is -2.03. The quantitative estimate of drug-likeness (QED) is 0.538. The Morgan fingerprint density at radius 3 is 2.47 bits per heavy atom. The first-order valence-electron chi connectivity index (χ1n) is 5.60. The Balaban J connectivity index is 2.70. The lowest BCUT2D eigenvalue weighted by Gasteiger charge is -2.08. The SMILES string of the molecule is Cc1c(O)cc(O)c2c(=O)c3c(O)cccc3oc12. The lowest BCUT2D eigenvalue weighted by atomic mass is 10.1. The Labute approximate surface area is 107 Å². The summed E-state index contributed by atoms with van der Waals surface area (Å²) in [5.74, 6) is -0.747. The Kier molecular flexibility index (Phi) is 2.19. The largest absolute Gasteiger partial charge is 0.507 e. The minimum absolute atomic E-state index is 0.00962. The molecule has 96 valence electrons. The molecule has 3 N–H and O–H groups in total. The van der Waals surface area contributed by atoms with Gasteiger partial charge in [0, 0.05) is 11.6 Å². The maximum absolute atomic E-state index is 12.3. The molecule has 3 rings (SSSR count). The first-order chi connectivity index (χ1) is 9.00. The van der Waals surface area contributed by atoms with Crippen LogP contribution in [0.2, 0.25) is 0 Å². The summed E-state index contributed by atoms with van der Waals surface area (Å²) >= 11 is 0. The summed E-state index contributed by atoms with van der Waals surface area (Å²) in [6.07, 6.45) is 0. The van der Waals surface area contributed by atoms with E-state index in [1.807, 2.05) is 0 Å². The molecule has 5 heteroatoms. The highest BCUT2D eigenvalue weighted by Gasteiger charge is 2.17. The number of aryl methyl sites for hydroxylation is 1. The van der Waals surface area contributed by atoms with Crippen LogP contribution in [0, 0.1) is 6.92 Å². The average Bonchev–Trinajstić information content (AvgIpc) is 2.35. The Bertz CT molecular complexity index is 877. The molecule has 0 saturated carbocycles. The van der Waals surface area contributed by atoms with Crippen LogP contribution in [0.3, 0.4) is 0 Å². The molecule has 0 saturated heterocycles. The van der Waals surface area contributed by atoms with Gasteiger partial charge in [-0.1, -0.05) is 6.07 Å². The first-order valence-corrected chi connectivity index (χ1v) is 5.60. The van der Waals surface area contributed by atoms with Crippen molar-refractivity contribution < 1.29 is 19.7 Å². The molecule has 0 aliphatic rings. The smallest absolute Gasteiger partial charge is 0.208 e. The number of hydrogen-bond acceptors (Lipinski definition) is 5. The number of hydrogen-bond donors (Lipinski definition) is 3. The monoisotopic (exact) mass is 258 g/mol. The van der Waals surface area contributed by atoms with Crippen LogP contribution in [0.25, 0.3) is 21.9 Å². The van der Waals surface area contributed by atoms with Crippen molar-refractivity contribution in [3.05, 3.63) is 40.1 Å². The highest BCUT2D eigenvalue weighted by molar-refractivity contribution is 5.97. The molecule has 5 nitrogen and oxygen atoms in total. The number of fused-ring (bicyclic) bond motifs is 2. The molecule has 0 amide bonds. The Morgan fingerprint density at radius 1 is 1.00 bits per heavy atom. The van der Waals surface area contributed by atoms with Crippen LogP contribution >= 0.6 is 0 Å². The molecule has 19 heavy (non-hydrogen) atoms. The second-order valence-corrected chi connectivity index (χ2v) is 4.33. The van der Waals surface area contributed by atoms with Gasteiger partial charge in [-0.25, -0.2) is 0 Å². The molecule has 0 fully saturated rings. The lowest BCUT2D eigenvalue weighted by molar-refractivity contribution is 0.450. The van der Waals surface area contributed by atoms with Crippen molar-refractivity contribution in [1.29, 1.82) is 0 Å². The van der Waals surface area contributed by atoms with E-state index in [0.29, 0.717) is 5.56 Å². The van der Waals surface area contributed by atoms with Gasteiger partial charge < -0.3 is 19.7 Å². The fraction of sp³-hybridized carbons (Fsp3) is 0.0714. The number of phenols is 3. The minimum Gasteiger partial charge on any atom is -0.507 e. The molecule has 0 atom stereocenters. The van der Waals surface area contributed by atoms with Gasteiger partial charge in [0.15, 0.2) is 0 Å². The molecule has 0 aliphatic heterocycles. The van der Waals surface area contributed by atoms with Crippen LogP contribution in [-0.2, 0) is 0 Å². The molecule has 0 aliphatic carbocycles. The molecular weight excluding hydrogens is 248 g/mol. The highest BCUT2D eigenvalue weighted by atomic mass is 16.3. The van der Waals surface area contributed by atoms with E-state index in [0.717, 1.165) is 6.07 Å². The van der Waals surface area contributed by atoms with Crippen molar-refractivity contribution in [1.82, 2.24) is 0 Å². The van der Waals surface area contributed by atoms with Gasteiger partial charge in [-0.3, -0.25) is 4.79 Å². The van der Waals surface area contributed by atoms with Crippen molar-refractivity contribution in [2.45, 2.75) is 6.92 Å². The second kappa shape index (κ2) is 3.65. The van der Waals surface area contributed by atoms with Crippen LogP contribution in [0.15, 0.2) is 33.5 Å². The molecule has 0 radical (unpaired) electrons. The predicted molar refractivity (Wildman–Crippen MR) is 69.7 cm³/mol. The van der Waals surface area contributed by atoms with Crippen LogP contribution in [-0.4, -0.2) is 15.3 Å². The van der Waals surface area contributed by atoms with E-state index in [4.69, 9.17) is 4.42 Å². The van der Waals surface area contributed by atoms with Gasteiger partial charge in [0.1, 0.15) is 39.2 Å². The maximum atomic E-state index is 12.3. The van der Waals surface area contributed by atoms with E-state index in [1.54, 1.807) is 13.0 Å². The Hall–Kier alpha value is -2.69. The zero-order valence-electron chi connectivity index (χ0n) is 9.97.